The summed E-state index contributed by atoms with van der Waals surface area (Å²) >= 11 is 0. The molecule has 3 rings (SSSR count). The van der Waals surface area contributed by atoms with Crippen LogP contribution < -0.4 is 0 Å². The minimum absolute atomic E-state index is 0.166. The van der Waals surface area contributed by atoms with Gasteiger partial charge in [0.1, 0.15) is 5.82 Å². The van der Waals surface area contributed by atoms with Crippen LogP contribution in [-0.2, 0) is 4.74 Å². The third-order valence-corrected chi connectivity index (χ3v) is 3.34. The number of ether oxygens (including phenoxy) is 1. The van der Waals surface area contributed by atoms with Gasteiger partial charge in [0.15, 0.2) is 0 Å². The van der Waals surface area contributed by atoms with Crippen molar-refractivity contribution < 1.29 is 9.13 Å². The van der Waals surface area contributed by atoms with E-state index in [0.717, 1.165) is 37.0 Å². The monoisotopic (exact) mass is 219 g/mol. The van der Waals surface area contributed by atoms with E-state index in [-0.39, 0.29) is 5.82 Å². The maximum atomic E-state index is 13.2. The van der Waals surface area contributed by atoms with E-state index in [1.807, 2.05) is 6.20 Å². The summed E-state index contributed by atoms with van der Waals surface area (Å²) in [7, 11) is 0. The smallest absolute Gasteiger partial charge is 0.123 e. The summed E-state index contributed by atoms with van der Waals surface area (Å²) in [6, 6.07) is 4.91. The van der Waals surface area contributed by atoms with Gasteiger partial charge in [0, 0.05) is 30.3 Å². The lowest BCUT2D eigenvalue weighted by Crippen LogP contribution is -2.13. The van der Waals surface area contributed by atoms with E-state index in [2.05, 4.69) is 4.98 Å². The normalized spacial score (nSPS) is 18.1. The number of halogens is 1. The molecule has 0 amide bonds. The van der Waals surface area contributed by atoms with Gasteiger partial charge in [-0.25, -0.2) is 4.39 Å². The molecule has 2 heterocycles. The molecule has 2 nitrogen and oxygen atoms in total. The molecule has 16 heavy (non-hydrogen) atoms. The van der Waals surface area contributed by atoms with E-state index in [4.69, 9.17) is 4.74 Å². The van der Waals surface area contributed by atoms with E-state index in [9.17, 15) is 4.39 Å². The summed E-state index contributed by atoms with van der Waals surface area (Å²) < 4.78 is 18.6. The fourth-order valence-corrected chi connectivity index (χ4v) is 2.46. The molecule has 1 saturated heterocycles. The van der Waals surface area contributed by atoms with Gasteiger partial charge >= 0.3 is 0 Å². The van der Waals surface area contributed by atoms with Crippen molar-refractivity contribution in [3.63, 3.8) is 0 Å². The van der Waals surface area contributed by atoms with Crippen molar-refractivity contribution >= 4 is 10.9 Å². The zero-order chi connectivity index (χ0) is 11.0. The molecule has 0 bridgehead atoms. The summed E-state index contributed by atoms with van der Waals surface area (Å²) in [5, 5.41) is 1.02. The molecule has 1 aromatic carbocycles. The molecule has 3 heteroatoms. The Labute approximate surface area is 93.4 Å². The highest BCUT2D eigenvalue weighted by atomic mass is 19.1. The van der Waals surface area contributed by atoms with Crippen LogP contribution >= 0.6 is 0 Å². The Hall–Kier alpha value is -1.35. The zero-order valence-electron chi connectivity index (χ0n) is 9.00. The Morgan fingerprint density at radius 3 is 2.88 bits per heavy atom. The summed E-state index contributed by atoms with van der Waals surface area (Å²) in [4.78, 5) is 3.21. The molecule has 0 spiro atoms. The second-order valence-corrected chi connectivity index (χ2v) is 4.32. The van der Waals surface area contributed by atoms with Gasteiger partial charge < -0.3 is 9.72 Å². The van der Waals surface area contributed by atoms with E-state index >= 15 is 0 Å². The maximum Gasteiger partial charge on any atom is 0.123 e. The molecule has 1 aliphatic rings. The van der Waals surface area contributed by atoms with Crippen molar-refractivity contribution in [3.05, 3.63) is 35.8 Å². The minimum Gasteiger partial charge on any atom is -0.381 e. The lowest BCUT2D eigenvalue weighted by molar-refractivity contribution is 0.0856. The fourth-order valence-electron chi connectivity index (χ4n) is 2.46. The highest BCUT2D eigenvalue weighted by Gasteiger charge is 2.19. The van der Waals surface area contributed by atoms with Crippen LogP contribution in [0, 0.1) is 5.82 Å². The molecule has 0 atom stereocenters. The highest BCUT2D eigenvalue weighted by Crippen LogP contribution is 2.32. The van der Waals surface area contributed by atoms with E-state index in [1.54, 1.807) is 12.1 Å². The second kappa shape index (κ2) is 3.91. The van der Waals surface area contributed by atoms with Crippen LogP contribution in [0.2, 0.25) is 0 Å². The van der Waals surface area contributed by atoms with Crippen LogP contribution in [0.1, 0.15) is 24.3 Å². The van der Waals surface area contributed by atoms with Crippen LogP contribution in [-0.4, -0.2) is 18.2 Å². The third-order valence-electron chi connectivity index (χ3n) is 3.34. The summed E-state index contributed by atoms with van der Waals surface area (Å²) in [6.45, 7) is 1.62. The molecule has 1 aliphatic heterocycles. The van der Waals surface area contributed by atoms with Crippen LogP contribution in [0.25, 0.3) is 10.9 Å². The highest BCUT2D eigenvalue weighted by molar-refractivity contribution is 5.83. The first-order valence-corrected chi connectivity index (χ1v) is 5.69. The third kappa shape index (κ3) is 1.61. The second-order valence-electron chi connectivity index (χ2n) is 4.32. The molecule has 84 valence electrons. The molecule has 0 saturated carbocycles. The standard InChI is InChI=1S/C13H14FNO/c14-10-1-2-13-11(7-10)12(8-15-13)9-3-5-16-6-4-9/h1-2,7-9,15H,3-6H2. The van der Waals surface area contributed by atoms with Gasteiger partial charge in [0.25, 0.3) is 0 Å². The van der Waals surface area contributed by atoms with Crippen LogP contribution in [0.3, 0.4) is 0 Å². The van der Waals surface area contributed by atoms with Crippen LogP contribution in [0.15, 0.2) is 24.4 Å². The molecular weight excluding hydrogens is 205 g/mol. The van der Waals surface area contributed by atoms with Crippen molar-refractivity contribution in [1.82, 2.24) is 4.98 Å². The molecule has 0 unspecified atom stereocenters. The van der Waals surface area contributed by atoms with Gasteiger partial charge in [-0.15, -0.1) is 0 Å². The van der Waals surface area contributed by atoms with Crippen molar-refractivity contribution in [2.45, 2.75) is 18.8 Å². The first-order chi connectivity index (χ1) is 7.84. The van der Waals surface area contributed by atoms with Crippen LogP contribution in [0.5, 0.6) is 0 Å². The predicted molar refractivity (Wildman–Crippen MR) is 61.1 cm³/mol. The minimum atomic E-state index is -0.166. The number of fused-ring (bicyclic) bond motifs is 1. The number of benzene rings is 1. The lowest BCUT2D eigenvalue weighted by atomic mass is 9.91. The summed E-state index contributed by atoms with van der Waals surface area (Å²) in [5.74, 6) is 0.338. The number of aromatic amines is 1. The zero-order valence-corrected chi connectivity index (χ0v) is 9.00. The van der Waals surface area contributed by atoms with E-state index in [0.29, 0.717) is 5.92 Å². The SMILES string of the molecule is Fc1ccc2[nH]cc(C3CCOCC3)c2c1. The van der Waals surface area contributed by atoms with Gasteiger partial charge in [0.05, 0.1) is 0 Å². The summed E-state index contributed by atoms with van der Waals surface area (Å²) in [6.07, 6.45) is 4.08. The molecular formula is C13H14FNO. The predicted octanol–water partition coefficient (Wildman–Crippen LogP) is 3.20. The summed E-state index contributed by atoms with van der Waals surface area (Å²) in [5.41, 5.74) is 2.25. The number of H-pyrrole nitrogens is 1. The number of rotatable bonds is 1. The molecule has 0 radical (unpaired) electrons. The fraction of sp³-hybridized carbons (Fsp3) is 0.385. The largest absolute Gasteiger partial charge is 0.381 e. The van der Waals surface area contributed by atoms with Gasteiger partial charge in [-0.05, 0) is 42.5 Å². The van der Waals surface area contributed by atoms with Gasteiger partial charge in [-0.2, -0.15) is 0 Å². The van der Waals surface area contributed by atoms with Crippen LogP contribution in [0.4, 0.5) is 4.39 Å². The maximum absolute atomic E-state index is 13.2. The van der Waals surface area contributed by atoms with Crippen molar-refractivity contribution in [2.75, 3.05) is 13.2 Å². The van der Waals surface area contributed by atoms with E-state index < -0.39 is 0 Å². The molecule has 1 aromatic heterocycles. The quantitative estimate of drug-likeness (QED) is 0.782. The average Bonchev–Trinajstić information content (AvgIpc) is 2.73. The van der Waals surface area contributed by atoms with Gasteiger partial charge in [-0.3, -0.25) is 0 Å². The van der Waals surface area contributed by atoms with E-state index in [1.165, 1.54) is 11.6 Å². The number of aromatic nitrogens is 1. The molecule has 2 aromatic rings. The van der Waals surface area contributed by atoms with Gasteiger partial charge in [-0.1, -0.05) is 0 Å². The number of hydrogen-bond acceptors (Lipinski definition) is 1. The Morgan fingerprint density at radius 1 is 1.25 bits per heavy atom. The first kappa shape index (κ1) is 9.85. The Morgan fingerprint density at radius 2 is 2.06 bits per heavy atom. The Bertz CT molecular complexity index is 500. The Balaban J connectivity index is 2.05. The number of hydrogen-bond donors (Lipinski definition) is 1. The topological polar surface area (TPSA) is 25.0 Å². The van der Waals surface area contributed by atoms with Gasteiger partial charge in [0.2, 0.25) is 0 Å². The van der Waals surface area contributed by atoms with Crippen molar-refractivity contribution in [1.29, 1.82) is 0 Å². The number of nitrogens with one attached hydrogen (secondary N) is 1. The first-order valence-electron chi connectivity index (χ1n) is 5.69. The van der Waals surface area contributed by atoms with Crippen molar-refractivity contribution in [2.24, 2.45) is 0 Å². The molecule has 1 fully saturated rings. The molecule has 0 aliphatic carbocycles. The lowest BCUT2D eigenvalue weighted by Gasteiger charge is -2.21. The molecule has 1 N–H and O–H groups in total. The average molecular weight is 219 g/mol. The van der Waals surface area contributed by atoms with Crippen molar-refractivity contribution in [3.8, 4) is 0 Å². The Kier molecular flexibility index (Phi) is 2.40.